The van der Waals surface area contributed by atoms with Crippen molar-refractivity contribution < 1.29 is 4.79 Å². The van der Waals surface area contributed by atoms with Crippen LogP contribution in [-0.2, 0) is 11.3 Å². The summed E-state index contributed by atoms with van der Waals surface area (Å²) in [6.45, 7) is 5.99. The van der Waals surface area contributed by atoms with E-state index < -0.39 is 0 Å². The van der Waals surface area contributed by atoms with E-state index in [1.807, 2.05) is 52.8 Å². The van der Waals surface area contributed by atoms with Crippen LogP contribution in [-0.4, -0.2) is 67.4 Å². The molecule has 2 aromatic heterocycles. The van der Waals surface area contributed by atoms with Gasteiger partial charge in [0.2, 0.25) is 5.91 Å². The standard InChI is InChI=1S/C23H24N6OS2/c1-17-25-26-23(29(17)18-7-3-2-4-8-18)31-16-22(30)28-13-11-27(12-14-28)15-21-24-19-9-5-6-10-20(19)32-21/h2-10H,11-16H2,1H3. The molecule has 164 valence electrons. The second-order valence-corrected chi connectivity index (χ2v) is 9.78. The van der Waals surface area contributed by atoms with E-state index in [2.05, 4.69) is 33.3 Å². The highest BCUT2D eigenvalue weighted by molar-refractivity contribution is 7.99. The first-order chi connectivity index (χ1) is 15.7. The number of carbonyl (C=O) groups is 1. The molecule has 7 nitrogen and oxygen atoms in total. The molecule has 1 aliphatic rings. The number of carbonyl (C=O) groups excluding carboxylic acids is 1. The molecule has 0 spiro atoms. The van der Waals surface area contributed by atoms with E-state index in [9.17, 15) is 4.79 Å². The Morgan fingerprint density at radius 2 is 1.75 bits per heavy atom. The van der Waals surface area contributed by atoms with Crippen LogP contribution in [0, 0.1) is 6.92 Å². The third kappa shape index (κ3) is 4.55. The summed E-state index contributed by atoms with van der Waals surface area (Å²) in [6.07, 6.45) is 0. The number of aryl methyl sites for hydroxylation is 1. The van der Waals surface area contributed by atoms with E-state index >= 15 is 0 Å². The third-order valence-electron chi connectivity index (χ3n) is 5.56. The van der Waals surface area contributed by atoms with Crippen LogP contribution in [0.1, 0.15) is 10.8 Å². The molecule has 4 aromatic rings. The lowest BCUT2D eigenvalue weighted by Gasteiger charge is -2.34. The monoisotopic (exact) mass is 464 g/mol. The predicted octanol–water partition coefficient (Wildman–Crippen LogP) is 3.62. The number of hydrogen-bond acceptors (Lipinski definition) is 7. The highest BCUT2D eigenvalue weighted by atomic mass is 32.2. The average molecular weight is 465 g/mol. The SMILES string of the molecule is Cc1nnc(SCC(=O)N2CCN(Cc3nc4ccccc4s3)CC2)n1-c1ccccc1. The Bertz CT molecular complexity index is 1180. The van der Waals surface area contributed by atoms with Gasteiger partial charge in [-0.3, -0.25) is 14.3 Å². The van der Waals surface area contributed by atoms with Crippen LogP contribution in [0.15, 0.2) is 59.8 Å². The van der Waals surface area contributed by atoms with Crippen LogP contribution in [0.5, 0.6) is 0 Å². The number of amides is 1. The van der Waals surface area contributed by atoms with E-state index in [0.717, 1.165) is 59.9 Å². The van der Waals surface area contributed by atoms with Crippen LogP contribution in [0.2, 0.25) is 0 Å². The number of para-hydroxylation sites is 2. The minimum atomic E-state index is 0.148. The van der Waals surface area contributed by atoms with Crippen LogP contribution >= 0.6 is 23.1 Å². The van der Waals surface area contributed by atoms with E-state index in [1.165, 1.54) is 16.5 Å². The molecule has 9 heteroatoms. The molecule has 2 aromatic carbocycles. The Labute approximate surface area is 195 Å². The Hall–Kier alpha value is -2.75. The number of benzene rings is 2. The molecule has 32 heavy (non-hydrogen) atoms. The molecule has 1 aliphatic heterocycles. The summed E-state index contributed by atoms with van der Waals surface area (Å²) in [5.41, 5.74) is 2.07. The van der Waals surface area contributed by atoms with Gasteiger partial charge in [-0.05, 0) is 31.2 Å². The second kappa shape index (κ2) is 9.40. The van der Waals surface area contributed by atoms with Crippen LogP contribution in [0.3, 0.4) is 0 Å². The molecule has 1 amide bonds. The number of thioether (sulfide) groups is 1. The first-order valence-electron chi connectivity index (χ1n) is 10.6. The second-order valence-electron chi connectivity index (χ2n) is 7.72. The third-order valence-corrected chi connectivity index (χ3v) is 7.49. The number of rotatable bonds is 6. The van der Waals surface area contributed by atoms with E-state index in [1.54, 1.807) is 11.3 Å². The summed E-state index contributed by atoms with van der Waals surface area (Å²) in [5.74, 6) is 1.33. The number of aromatic nitrogens is 4. The van der Waals surface area contributed by atoms with Crippen molar-refractivity contribution in [2.45, 2.75) is 18.6 Å². The first kappa shape index (κ1) is 21.1. The molecular weight excluding hydrogens is 440 g/mol. The van der Waals surface area contributed by atoms with Gasteiger partial charge in [0.15, 0.2) is 5.16 Å². The number of nitrogens with zero attached hydrogens (tertiary/aromatic N) is 6. The fraction of sp³-hybridized carbons (Fsp3) is 0.304. The fourth-order valence-electron chi connectivity index (χ4n) is 3.86. The van der Waals surface area contributed by atoms with Crippen molar-refractivity contribution in [2.75, 3.05) is 31.9 Å². The largest absolute Gasteiger partial charge is 0.339 e. The predicted molar refractivity (Wildman–Crippen MR) is 128 cm³/mol. The van der Waals surface area contributed by atoms with Crippen molar-refractivity contribution in [3.8, 4) is 5.69 Å². The quantitative estimate of drug-likeness (QED) is 0.406. The molecule has 0 atom stereocenters. The molecule has 1 fully saturated rings. The van der Waals surface area contributed by atoms with Gasteiger partial charge in [0.1, 0.15) is 10.8 Å². The highest BCUT2D eigenvalue weighted by Gasteiger charge is 2.23. The lowest BCUT2D eigenvalue weighted by Crippen LogP contribution is -2.48. The van der Waals surface area contributed by atoms with Gasteiger partial charge in [-0.15, -0.1) is 21.5 Å². The van der Waals surface area contributed by atoms with Gasteiger partial charge in [-0.25, -0.2) is 4.98 Å². The van der Waals surface area contributed by atoms with Crippen molar-refractivity contribution in [2.24, 2.45) is 0 Å². The van der Waals surface area contributed by atoms with Gasteiger partial charge in [0.05, 0.1) is 22.5 Å². The zero-order valence-corrected chi connectivity index (χ0v) is 19.5. The summed E-state index contributed by atoms with van der Waals surface area (Å²) in [5, 5.41) is 10.4. The summed E-state index contributed by atoms with van der Waals surface area (Å²) in [4.78, 5) is 21.9. The smallest absolute Gasteiger partial charge is 0.233 e. The molecule has 0 radical (unpaired) electrons. The minimum absolute atomic E-state index is 0.148. The van der Waals surface area contributed by atoms with Gasteiger partial charge in [-0.1, -0.05) is 42.1 Å². The van der Waals surface area contributed by atoms with Crippen molar-refractivity contribution in [3.05, 3.63) is 65.4 Å². The minimum Gasteiger partial charge on any atom is -0.339 e. The molecule has 0 aliphatic carbocycles. The molecule has 0 saturated carbocycles. The summed E-state index contributed by atoms with van der Waals surface area (Å²) < 4.78 is 3.22. The van der Waals surface area contributed by atoms with Gasteiger partial charge in [-0.2, -0.15) is 0 Å². The zero-order chi connectivity index (χ0) is 21.9. The average Bonchev–Trinajstić information content (AvgIpc) is 3.41. The number of hydrogen-bond donors (Lipinski definition) is 0. The van der Waals surface area contributed by atoms with Crippen molar-refractivity contribution in [1.29, 1.82) is 0 Å². The fourth-order valence-corrected chi connectivity index (χ4v) is 5.77. The molecule has 3 heterocycles. The number of thiazole rings is 1. The Balaban J connectivity index is 1.15. The van der Waals surface area contributed by atoms with E-state index in [0.29, 0.717) is 5.75 Å². The maximum atomic E-state index is 12.8. The zero-order valence-electron chi connectivity index (χ0n) is 17.8. The number of piperazine rings is 1. The van der Waals surface area contributed by atoms with Gasteiger partial charge in [0.25, 0.3) is 0 Å². The van der Waals surface area contributed by atoms with E-state index in [4.69, 9.17) is 4.98 Å². The van der Waals surface area contributed by atoms with Crippen molar-refractivity contribution in [3.63, 3.8) is 0 Å². The van der Waals surface area contributed by atoms with Crippen LogP contribution < -0.4 is 0 Å². The summed E-state index contributed by atoms with van der Waals surface area (Å²) in [6, 6.07) is 18.3. The normalized spacial score (nSPS) is 14.8. The molecule has 0 bridgehead atoms. The van der Waals surface area contributed by atoms with Crippen molar-refractivity contribution in [1.82, 2.24) is 29.5 Å². The Morgan fingerprint density at radius 3 is 2.53 bits per heavy atom. The summed E-state index contributed by atoms with van der Waals surface area (Å²) in [7, 11) is 0. The summed E-state index contributed by atoms with van der Waals surface area (Å²) >= 11 is 3.20. The molecule has 5 rings (SSSR count). The lowest BCUT2D eigenvalue weighted by atomic mass is 10.3. The van der Waals surface area contributed by atoms with Gasteiger partial charge in [0, 0.05) is 31.9 Å². The highest BCUT2D eigenvalue weighted by Crippen LogP contribution is 2.24. The Morgan fingerprint density at radius 1 is 1.00 bits per heavy atom. The van der Waals surface area contributed by atoms with Gasteiger partial charge < -0.3 is 4.90 Å². The first-order valence-corrected chi connectivity index (χ1v) is 12.4. The van der Waals surface area contributed by atoms with Crippen LogP contribution in [0.25, 0.3) is 15.9 Å². The van der Waals surface area contributed by atoms with E-state index in [-0.39, 0.29) is 5.91 Å². The molecule has 1 saturated heterocycles. The lowest BCUT2D eigenvalue weighted by molar-refractivity contribution is -0.130. The molecule has 0 unspecified atom stereocenters. The van der Waals surface area contributed by atoms with Crippen molar-refractivity contribution >= 4 is 39.2 Å². The molecule has 0 N–H and O–H groups in total. The maximum absolute atomic E-state index is 12.8. The number of fused-ring (bicyclic) bond motifs is 1. The Kier molecular flexibility index (Phi) is 6.20. The van der Waals surface area contributed by atoms with Crippen LogP contribution in [0.4, 0.5) is 0 Å². The van der Waals surface area contributed by atoms with Gasteiger partial charge >= 0.3 is 0 Å². The molecular formula is C23H24N6OS2. The maximum Gasteiger partial charge on any atom is 0.233 e. The topological polar surface area (TPSA) is 67.2 Å².